The van der Waals surface area contributed by atoms with Crippen LogP contribution in [0.15, 0.2) is 48.5 Å². The maximum atomic E-state index is 12.8. The number of aromatic hydroxyl groups is 1. The Bertz CT molecular complexity index is 1040. The molecule has 2 atom stereocenters. The Labute approximate surface area is 184 Å². The highest BCUT2D eigenvalue weighted by atomic mass is 35.5. The molecule has 9 heteroatoms. The van der Waals surface area contributed by atoms with Crippen molar-refractivity contribution in [1.29, 1.82) is 5.26 Å². The summed E-state index contributed by atoms with van der Waals surface area (Å²) in [6.45, 7) is -0.208. The van der Waals surface area contributed by atoms with E-state index in [0.717, 1.165) is 4.90 Å². The fourth-order valence-corrected chi connectivity index (χ4v) is 3.64. The molecule has 3 amide bonds. The van der Waals surface area contributed by atoms with E-state index in [0.29, 0.717) is 5.69 Å². The molecular weight excluding hydrogens is 420 g/mol. The molecule has 0 aliphatic carbocycles. The Morgan fingerprint density at radius 2 is 1.97 bits per heavy atom. The smallest absolute Gasteiger partial charge is 0.255 e. The SMILES string of the molecule is CN(CC(=O)N1CC(C(=O)Nc2ccccc2)CC1C#N)C(=O)c1cc(O)ccc1Cl. The summed E-state index contributed by atoms with van der Waals surface area (Å²) in [5.41, 5.74) is 0.703. The summed E-state index contributed by atoms with van der Waals surface area (Å²) in [7, 11) is 1.43. The highest BCUT2D eigenvalue weighted by Gasteiger charge is 2.39. The third-order valence-electron chi connectivity index (χ3n) is 5.08. The van der Waals surface area contributed by atoms with Gasteiger partial charge >= 0.3 is 0 Å². The fourth-order valence-electron chi connectivity index (χ4n) is 3.44. The number of likely N-dealkylation sites (tertiary alicyclic amines) is 1. The number of para-hydroxylation sites is 1. The topological polar surface area (TPSA) is 114 Å². The highest BCUT2D eigenvalue weighted by molar-refractivity contribution is 6.33. The predicted molar refractivity (Wildman–Crippen MR) is 114 cm³/mol. The van der Waals surface area contributed by atoms with Gasteiger partial charge in [0.15, 0.2) is 0 Å². The number of phenolic OH excluding ortho intramolecular Hbond substituents is 1. The zero-order chi connectivity index (χ0) is 22.5. The number of halogens is 1. The van der Waals surface area contributed by atoms with E-state index in [1.165, 1.54) is 30.1 Å². The van der Waals surface area contributed by atoms with E-state index < -0.39 is 23.8 Å². The summed E-state index contributed by atoms with van der Waals surface area (Å²) in [5.74, 6) is -1.91. The predicted octanol–water partition coefficient (Wildman–Crippen LogP) is 2.50. The lowest BCUT2D eigenvalue weighted by molar-refractivity contribution is -0.131. The third kappa shape index (κ3) is 5.13. The normalized spacial score (nSPS) is 17.6. The number of carbonyl (C=O) groups excluding carboxylic acids is 3. The van der Waals surface area contributed by atoms with Gasteiger partial charge in [0.1, 0.15) is 11.8 Å². The van der Waals surface area contributed by atoms with E-state index in [1.54, 1.807) is 24.3 Å². The first kappa shape index (κ1) is 22.1. The van der Waals surface area contributed by atoms with E-state index in [2.05, 4.69) is 11.4 Å². The Morgan fingerprint density at radius 3 is 2.65 bits per heavy atom. The van der Waals surface area contributed by atoms with E-state index >= 15 is 0 Å². The van der Waals surface area contributed by atoms with Gasteiger partial charge in [0, 0.05) is 19.3 Å². The second-order valence-electron chi connectivity index (χ2n) is 7.30. The van der Waals surface area contributed by atoms with Crippen molar-refractivity contribution in [2.75, 3.05) is 25.5 Å². The van der Waals surface area contributed by atoms with E-state index in [4.69, 9.17) is 11.6 Å². The molecular formula is C22H21ClN4O4. The van der Waals surface area contributed by atoms with Crippen LogP contribution in [-0.4, -0.2) is 58.8 Å². The van der Waals surface area contributed by atoms with Crippen LogP contribution in [0.3, 0.4) is 0 Å². The lowest BCUT2D eigenvalue weighted by Crippen LogP contribution is -2.43. The number of carbonyl (C=O) groups is 3. The fraction of sp³-hybridized carbons (Fsp3) is 0.273. The van der Waals surface area contributed by atoms with Gasteiger partial charge in [-0.25, -0.2) is 0 Å². The Kier molecular flexibility index (Phi) is 6.78. The number of amides is 3. The number of phenols is 1. The molecule has 0 radical (unpaired) electrons. The van der Waals surface area contributed by atoms with Crippen molar-refractivity contribution in [3.8, 4) is 11.8 Å². The van der Waals surface area contributed by atoms with E-state index in [1.807, 2.05) is 6.07 Å². The number of hydrogen-bond acceptors (Lipinski definition) is 5. The summed E-state index contributed by atoms with van der Waals surface area (Å²) < 4.78 is 0. The molecule has 1 aliphatic heterocycles. The van der Waals surface area contributed by atoms with Gasteiger partial charge in [0.25, 0.3) is 5.91 Å². The summed E-state index contributed by atoms with van der Waals surface area (Å²) in [6.07, 6.45) is 0.219. The average molecular weight is 441 g/mol. The monoisotopic (exact) mass is 440 g/mol. The zero-order valence-corrected chi connectivity index (χ0v) is 17.5. The molecule has 2 N–H and O–H groups in total. The van der Waals surface area contributed by atoms with Crippen LogP contribution >= 0.6 is 11.6 Å². The van der Waals surface area contributed by atoms with E-state index in [9.17, 15) is 24.8 Å². The molecule has 160 valence electrons. The largest absolute Gasteiger partial charge is 0.508 e. The van der Waals surface area contributed by atoms with Crippen LogP contribution in [0.1, 0.15) is 16.8 Å². The summed E-state index contributed by atoms with van der Waals surface area (Å²) in [6, 6.07) is 14.2. The van der Waals surface area contributed by atoms with Gasteiger partial charge in [-0.2, -0.15) is 5.26 Å². The van der Waals surface area contributed by atoms with Gasteiger partial charge in [0.05, 0.1) is 29.1 Å². The minimum atomic E-state index is -0.758. The van der Waals surface area contributed by atoms with Gasteiger partial charge in [-0.15, -0.1) is 0 Å². The van der Waals surface area contributed by atoms with Gasteiger partial charge in [0.2, 0.25) is 11.8 Å². The molecule has 3 rings (SSSR count). The van der Waals surface area contributed by atoms with Crippen molar-refractivity contribution in [3.63, 3.8) is 0 Å². The van der Waals surface area contributed by atoms with Gasteiger partial charge in [-0.3, -0.25) is 14.4 Å². The van der Waals surface area contributed by atoms with Crippen LogP contribution < -0.4 is 5.32 Å². The Morgan fingerprint density at radius 1 is 1.26 bits per heavy atom. The molecule has 1 aliphatic rings. The minimum absolute atomic E-state index is 0.0651. The highest BCUT2D eigenvalue weighted by Crippen LogP contribution is 2.26. The molecule has 2 aromatic carbocycles. The van der Waals surface area contributed by atoms with Crippen LogP contribution in [0.5, 0.6) is 5.75 Å². The standard InChI is InChI=1S/C22H21ClN4O4/c1-26(22(31)18-10-17(28)7-8-19(18)23)13-20(29)27-12-14(9-16(27)11-24)21(30)25-15-5-3-2-4-6-15/h2-8,10,14,16,28H,9,12-13H2,1H3,(H,25,30). The first-order valence-corrected chi connectivity index (χ1v) is 9.97. The maximum absolute atomic E-state index is 12.8. The molecule has 1 fully saturated rings. The first-order chi connectivity index (χ1) is 14.8. The summed E-state index contributed by atoms with van der Waals surface area (Å²) in [5, 5.41) is 22.0. The van der Waals surface area contributed by atoms with Gasteiger partial charge in [-0.05, 0) is 36.8 Å². The van der Waals surface area contributed by atoms with Crippen molar-refractivity contribution in [1.82, 2.24) is 9.80 Å². The number of nitrogens with one attached hydrogen (secondary N) is 1. The molecule has 1 heterocycles. The van der Waals surface area contributed by atoms with E-state index in [-0.39, 0.29) is 41.8 Å². The zero-order valence-electron chi connectivity index (χ0n) is 16.8. The van der Waals surface area contributed by atoms with Gasteiger partial charge < -0.3 is 20.2 Å². The second-order valence-corrected chi connectivity index (χ2v) is 7.71. The molecule has 0 bridgehead atoms. The van der Waals surface area contributed by atoms with Crippen molar-refractivity contribution >= 4 is 35.0 Å². The van der Waals surface area contributed by atoms with Gasteiger partial charge in [-0.1, -0.05) is 29.8 Å². The number of rotatable bonds is 5. The Hall–Kier alpha value is -3.57. The number of anilines is 1. The average Bonchev–Trinajstić information content (AvgIpc) is 3.20. The number of likely N-dealkylation sites (N-methyl/N-ethyl adjacent to an activating group) is 1. The van der Waals surface area contributed by atoms with Crippen LogP contribution in [0.25, 0.3) is 0 Å². The molecule has 0 saturated carbocycles. The molecule has 31 heavy (non-hydrogen) atoms. The maximum Gasteiger partial charge on any atom is 0.255 e. The van der Waals surface area contributed by atoms with Crippen LogP contribution in [-0.2, 0) is 9.59 Å². The number of nitrogens with zero attached hydrogens (tertiary/aromatic N) is 3. The second kappa shape index (κ2) is 9.49. The number of benzene rings is 2. The van der Waals surface area contributed by atoms with Crippen LogP contribution in [0, 0.1) is 17.2 Å². The number of hydrogen-bond donors (Lipinski definition) is 2. The Balaban J connectivity index is 1.65. The summed E-state index contributed by atoms with van der Waals surface area (Å²) >= 11 is 6.02. The molecule has 0 aromatic heterocycles. The molecule has 0 spiro atoms. The first-order valence-electron chi connectivity index (χ1n) is 9.59. The van der Waals surface area contributed by atoms with Crippen LogP contribution in [0.2, 0.25) is 5.02 Å². The van der Waals surface area contributed by atoms with Crippen molar-refractivity contribution in [2.24, 2.45) is 5.92 Å². The summed E-state index contributed by atoms with van der Waals surface area (Å²) in [4.78, 5) is 40.5. The molecule has 2 aromatic rings. The number of nitriles is 1. The van der Waals surface area contributed by atoms with Crippen molar-refractivity contribution < 1.29 is 19.5 Å². The molecule has 1 saturated heterocycles. The minimum Gasteiger partial charge on any atom is -0.508 e. The van der Waals surface area contributed by atoms with Crippen molar-refractivity contribution in [3.05, 3.63) is 59.1 Å². The molecule has 2 unspecified atom stereocenters. The van der Waals surface area contributed by atoms with Crippen molar-refractivity contribution in [2.45, 2.75) is 12.5 Å². The third-order valence-corrected chi connectivity index (χ3v) is 5.41. The molecule has 8 nitrogen and oxygen atoms in total. The lowest BCUT2D eigenvalue weighted by Gasteiger charge is -2.24. The quantitative estimate of drug-likeness (QED) is 0.741. The van der Waals surface area contributed by atoms with Crippen LogP contribution in [0.4, 0.5) is 5.69 Å². The lowest BCUT2D eigenvalue weighted by atomic mass is 10.1.